The van der Waals surface area contributed by atoms with Gasteiger partial charge < -0.3 is 14.3 Å². The van der Waals surface area contributed by atoms with E-state index in [1.165, 1.54) is 11.3 Å². The first kappa shape index (κ1) is 17.3. The zero-order chi connectivity index (χ0) is 18.8. The van der Waals surface area contributed by atoms with Gasteiger partial charge in [0, 0.05) is 55.4 Å². The fourth-order valence-corrected chi connectivity index (χ4v) is 3.51. The summed E-state index contributed by atoms with van der Waals surface area (Å²) in [6.45, 7) is 6.35. The number of piperazine rings is 1. The summed E-state index contributed by atoms with van der Waals surface area (Å²) in [5.74, 6) is 0.461. The van der Waals surface area contributed by atoms with Crippen LogP contribution in [0.1, 0.15) is 23.0 Å². The van der Waals surface area contributed by atoms with E-state index in [0.717, 1.165) is 12.1 Å². The zero-order valence-electron chi connectivity index (χ0n) is 15.5. The molecule has 0 aliphatic carbocycles. The van der Waals surface area contributed by atoms with Crippen LogP contribution in [-0.2, 0) is 0 Å². The molecular weight excluding hydrogens is 340 g/mol. The van der Waals surface area contributed by atoms with Crippen molar-refractivity contribution in [1.29, 1.82) is 0 Å². The molecule has 27 heavy (non-hydrogen) atoms. The minimum absolute atomic E-state index is 0.0929. The second-order valence-corrected chi connectivity index (χ2v) is 6.95. The highest BCUT2D eigenvalue weighted by Crippen LogP contribution is 2.24. The topological polar surface area (TPSA) is 62.5 Å². The average molecular weight is 362 g/mol. The Morgan fingerprint density at radius 1 is 1.19 bits per heavy atom. The zero-order valence-corrected chi connectivity index (χ0v) is 15.5. The fourth-order valence-electron chi connectivity index (χ4n) is 3.51. The molecule has 0 N–H and O–H groups in total. The number of benzene rings is 1. The van der Waals surface area contributed by atoms with Gasteiger partial charge in [-0.25, -0.2) is 0 Å². The Labute approximate surface area is 158 Å². The number of nitrogens with zero attached hydrogens (tertiary/aromatic N) is 4. The molecule has 6 nitrogen and oxygen atoms in total. The van der Waals surface area contributed by atoms with Crippen molar-refractivity contribution in [2.45, 2.75) is 19.9 Å². The Morgan fingerprint density at radius 3 is 2.81 bits per heavy atom. The maximum absolute atomic E-state index is 12.9. The summed E-state index contributed by atoms with van der Waals surface area (Å²) in [4.78, 5) is 21.1. The maximum atomic E-state index is 12.9. The van der Waals surface area contributed by atoms with Crippen LogP contribution in [0.2, 0.25) is 0 Å². The molecule has 0 spiro atoms. The summed E-state index contributed by atoms with van der Waals surface area (Å²) in [5.41, 5.74) is 3.59. The number of rotatable bonds is 3. The molecule has 1 atom stereocenters. The van der Waals surface area contributed by atoms with E-state index in [-0.39, 0.29) is 11.9 Å². The van der Waals surface area contributed by atoms with Crippen molar-refractivity contribution in [3.8, 4) is 11.3 Å². The normalized spacial score (nSPS) is 17.2. The molecule has 2 aromatic heterocycles. The Bertz CT molecular complexity index is 938. The van der Waals surface area contributed by atoms with E-state index in [1.54, 1.807) is 18.5 Å². The van der Waals surface area contributed by atoms with Crippen molar-refractivity contribution in [1.82, 2.24) is 15.0 Å². The number of pyridine rings is 1. The van der Waals surface area contributed by atoms with Gasteiger partial charge in [-0.2, -0.15) is 0 Å². The van der Waals surface area contributed by atoms with Gasteiger partial charge in [-0.15, -0.1) is 0 Å². The van der Waals surface area contributed by atoms with Gasteiger partial charge in [0.15, 0.2) is 11.5 Å². The average Bonchev–Trinajstić information content (AvgIpc) is 3.18. The second kappa shape index (κ2) is 7.23. The first-order chi connectivity index (χ1) is 13.1. The van der Waals surface area contributed by atoms with Gasteiger partial charge in [-0.05, 0) is 43.7 Å². The van der Waals surface area contributed by atoms with Crippen LogP contribution in [0.5, 0.6) is 0 Å². The standard InChI is InChI=1S/C21H22N4O2/c1-15-5-3-7-18(11-15)25-10-9-24(14-16(25)2)21(26)19-12-20(27-23-19)17-6-4-8-22-13-17/h3-8,11-13,16H,9-10,14H2,1-2H3. The Kier molecular flexibility index (Phi) is 4.62. The molecule has 1 aliphatic heterocycles. The van der Waals surface area contributed by atoms with E-state index >= 15 is 0 Å². The molecule has 1 aromatic carbocycles. The number of anilines is 1. The van der Waals surface area contributed by atoms with Crippen LogP contribution in [0.25, 0.3) is 11.3 Å². The first-order valence-corrected chi connectivity index (χ1v) is 9.11. The highest BCUT2D eigenvalue weighted by atomic mass is 16.5. The third-order valence-electron chi connectivity index (χ3n) is 4.92. The molecule has 1 unspecified atom stereocenters. The summed E-state index contributed by atoms with van der Waals surface area (Å²) in [6.07, 6.45) is 3.39. The molecule has 6 heteroatoms. The summed E-state index contributed by atoms with van der Waals surface area (Å²) >= 11 is 0. The van der Waals surface area contributed by atoms with Gasteiger partial charge in [0.25, 0.3) is 5.91 Å². The summed E-state index contributed by atoms with van der Waals surface area (Å²) in [7, 11) is 0. The third-order valence-corrected chi connectivity index (χ3v) is 4.92. The van der Waals surface area contributed by atoms with Gasteiger partial charge in [0.2, 0.25) is 0 Å². The molecule has 1 amide bonds. The number of carbonyl (C=O) groups is 1. The van der Waals surface area contributed by atoms with Crippen molar-refractivity contribution in [3.63, 3.8) is 0 Å². The molecule has 138 valence electrons. The Balaban J connectivity index is 1.46. The lowest BCUT2D eigenvalue weighted by molar-refractivity contribution is 0.0716. The van der Waals surface area contributed by atoms with E-state index in [0.29, 0.717) is 24.5 Å². The number of carbonyl (C=O) groups excluding carboxylic acids is 1. The van der Waals surface area contributed by atoms with Crippen LogP contribution in [0.3, 0.4) is 0 Å². The van der Waals surface area contributed by atoms with Crippen LogP contribution >= 0.6 is 0 Å². The van der Waals surface area contributed by atoms with Crippen LogP contribution < -0.4 is 4.90 Å². The molecule has 0 saturated carbocycles. The molecular formula is C21H22N4O2. The van der Waals surface area contributed by atoms with Gasteiger partial charge in [-0.1, -0.05) is 17.3 Å². The molecule has 0 bridgehead atoms. The van der Waals surface area contributed by atoms with Crippen molar-refractivity contribution >= 4 is 11.6 Å². The van der Waals surface area contributed by atoms with Crippen LogP contribution in [0.15, 0.2) is 59.4 Å². The largest absolute Gasteiger partial charge is 0.365 e. The summed E-state index contributed by atoms with van der Waals surface area (Å²) in [6, 6.07) is 14.1. The van der Waals surface area contributed by atoms with E-state index < -0.39 is 0 Å². The smallest absolute Gasteiger partial charge is 0.276 e. The summed E-state index contributed by atoms with van der Waals surface area (Å²) < 4.78 is 5.35. The SMILES string of the molecule is Cc1cccc(N2CCN(C(=O)c3cc(-c4cccnc4)on3)CC2C)c1. The van der Waals surface area contributed by atoms with E-state index in [2.05, 4.69) is 53.2 Å². The number of amides is 1. The second-order valence-electron chi connectivity index (χ2n) is 6.95. The predicted octanol–water partition coefficient (Wildman–Crippen LogP) is 3.40. The molecule has 3 aromatic rings. The highest BCUT2D eigenvalue weighted by Gasteiger charge is 2.29. The number of hydrogen-bond donors (Lipinski definition) is 0. The quantitative estimate of drug-likeness (QED) is 0.715. The number of hydrogen-bond acceptors (Lipinski definition) is 5. The van der Waals surface area contributed by atoms with E-state index in [9.17, 15) is 4.79 Å². The number of aryl methyl sites for hydroxylation is 1. The minimum atomic E-state index is -0.0929. The first-order valence-electron chi connectivity index (χ1n) is 9.11. The van der Waals surface area contributed by atoms with Crippen LogP contribution in [0.4, 0.5) is 5.69 Å². The van der Waals surface area contributed by atoms with Crippen molar-refractivity contribution in [3.05, 3.63) is 66.1 Å². The summed E-state index contributed by atoms with van der Waals surface area (Å²) in [5, 5.41) is 3.97. The lowest BCUT2D eigenvalue weighted by atomic mass is 10.1. The highest BCUT2D eigenvalue weighted by molar-refractivity contribution is 5.93. The lowest BCUT2D eigenvalue weighted by Crippen LogP contribution is -2.53. The monoisotopic (exact) mass is 362 g/mol. The molecule has 0 radical (unpaired) electrons. The third kappa shape index (κ3) is 3.56. The fraction of sp³-hybridized carbons (Fsp3) is 0.286. The van der Waals surface area contributed by atoms with Crippen LogP contribution in [-0.4, -0.2) is 46.6 Å². The number of aromatic nitrogens is 2. The van der Waals surface area contributed by atoms with E-state index in [4.69, 9.17) is 4.52 Å². The predicted molar refractivity (Wildman–Crippen MR) is 104 cm³/mol. The Morgan fingerprint density at radius 2 is 2.07 bits per heavy atom. The van der Waals surface area contributed by atoms with Gasteiger partial charge in [0.05, 0.1) is 0 Å². The van der Waals surface area contributed by atoms with E-state index in [1.807, 2.05) is 17.0 Å². The maximum Gasteiger partial charge on any atom is 0.276 e. The van der Waals surface area contributed by atoms with Crippen molar-refractivity contribution in [2.75, 3.05) is 24.5 Å². The molecule has 1 aliphatic rings. The molecule has 4 rings (SSSR count). The lowest BCUT2D eigenvalue weighted by Gasteiger charge is -2.41. The van der Waals surface area contributed by atoms with Gasteiger partial charge in [-0.3, -0.25) is 9.78 Å². The van der Waals surface area contributed by atoms with Crippen molar-refractivity contribution < 1.29 is 9.32 Å². The Hall–Kier alpha value is -3.15. The van der Waals surface area contributed by atoms with Gasteiger partial charge >= 0.3 is 0 Å². The van der Waals surface area contributed by atoms with Crippen molar-refractivity contribution in [2.24, 2.45) is 0 Å². The molecule has 1 fully saturated rings. The molecule has 1 saturated heterocycles. The van der Waals surface area contributed by atoms with Crippen LogP contribution in [0, 0.1) is 6.92 Å². The minimum Gasteiger partial charge on any atom is -0.365 e. The van der Waals surface area contributed by atoms with Gasteiger partial charge in [0.1, 0.15) is 0 Å². The molecule has 3 heterocycles.